The Morgan fingerprint density at radius 1 is 1.43 bits per heavy atom. The van der Waals surface area contributed by atoms with E-state index in [4.69, 9.17) is 8.94 Å². The Morgan fingerprint density at radius 2 is 2.29 bits per heavy atom. The van der Waals surface area contributed by atoms with Gasteiger partial charge in [-0.1, -0.05) is 12.1 Å². The number of furan rings is 1. The molecular formula is C15H15N3O3. The van der Waals surface area contributed by atoms with Gasteiger partial charge in [0.1, 0.15) is 5.69 Å². The number of hydrogen-bond donors (Lipinski definition) is 1. The SMILES string of the molecule is CCCNC(=O)c1cc(-c2ccco2)nc2onc(C)c12. The molecule has 0 aliphatic carbocycles. The van der Waals surface area contributed by atoms with E-state index in [1.807, 2.05) is 6.92 Å². The molecule has 0 saturated carbocycles. The van der Waals surface area contributed by atoms with E-state index in [-0.39, 0.29) is 5.91 Å². The highest BCUT2D eigenvalue weighted by Crippen LogP contribution is 2.27. The predicted octanol–water partition coefficient (Wildman–Crippen LogP) is 2.93. The summed E-state index contributed by atoms with van der Waals surface area (Å²) in [5, 5.41) is 7.39. The zero-order valence-electron chi connectivity index (χ0n) is 11.8. The number of amides is 1. The van der Waals surface area contributed by atoms with E-state index in [0.29, 0.717) is 40.4 Å². The standard InChI is InChI=1S/C15H15N3O3/c1-3-6-16-14(19)10-8-11(12-5-4-7-20-12)17-15-13(10)9(2)18-21-15/h4-5,7-8H,3,6H2,1-2H3,(H,16,19). The van der Waals surface area contributed by atoms with E-state index in [1.54, 1.807) is 31.4 Å². The summed E-state index contributed by atoms with van der Waals surface area (Å²) in [5.41, 5.74) is 2.03. The number of carbonyl (C=O) groups excluding carboxylic acids is 1. The van der Waals surface area contributed by atoms with E-state index in [2.05, 4.69) is 15.5 Å². The largest absolute Gasteiger partial charge is 0.463 e. The van der Waals surface area contributed by atoms with Crippen LogP contribution in [0.4, 0.5) is 0 Å². The molecule has 3 heterocycles. The second kappa shape index (κ2) is 5.40. The van der Waals surface area contributed by atoms with Gasteiger partial charge in [0, 0.05) is 6.54 Å². The van der Waals surface area contributed by atoms with Gasteiger partial charge in [0.25, 0.3) is 11.6 Å². The highest BCUT2D eigenvalue weighted by molar-refractivity contribution is 6.06. The van der Waals surface area contributed by atoms with Crippen LogP contribution in [0.15, 0.2) is 33.4 Å². The molecule has 0 spiro atoms. The molecule has 0 unspecified atom stereocenters. The Morgan fingerprint density at radius 3 is 3.00 bits per heavy atom. The molecule has 108 valence electrons. The van der Waals surface area contributed by atoms with Crippen molar-refractivity contribution in [3.8, 4) is 11.5 Å². The fraction of sp³-hybridized carbons (Fsp3) is 0.267. The van der Waals surface area contributed by atoms with Gasteiger partial charge in [-0.15, -0.1) is 0 Å². The number of carbonyl (C=O) groups is 1. The van der Waals surface area contributed by atoms with Gasteiger partial charge < -0.3 is 14.3 Å². The quantitative estimate of drug-likeness (QED) is 0.797. The summed E-state index contributed by atoms with van der Waals surface area (Å²) < 4.78 is 10.5. The Kier molecular flexibility index (Phi) is 3.43. The molecule has 0 aliphatic heterocycles. The highest BCUT2D eigenvalue weighted by Gasteiger charge is 2.19. The number of rotatable bonds is 4. The van der Waals surface area contributed by atoms with Crippen LogP contribution in [0, 0.1) is 6.92 Å². The minimum absolute atomic E-state index is 0.164. The lowest BCUT2D eigenvalue weighted by atomic mass is 10.1. The molecule has 0 atom stereocenters. The summed E-state index contributed by atoms with van der Waals surface area (Å²) in [6.07, 6.45) is 2.43. The van der Waals surface area contributed by atoms with Crippen molar-refractivity contribution in [3.05, 3.63) is 35.7 Å². The van der Waals surface area contributed by atoms with Crippen LogP contribution in [0.5, 0.6) is 0 Å². The number of pyridine rings is 1. The summed E-state index contributed by atoms with van der Waals surface area (Å²) >= 11 is 0. The number of aromatic nitrogens is 2. The molecule has 0 fully saturated rings. The molecule has 3 aromatic rings. The summed E-state index contributed by atoms with van der Waals surface area (Å²) in [5.74, 6) is 0.416. The van der Waals surface area contributed by atoms with Crippen molar-refractivity contribution in [2.75, 3.05) is 6.54 Å². The van der Waals surface area contributed by atoms with Crippen LogP contribution in [0.1, 0.15) is 29.4 Å². The molecule has 21 heavy (non-hydrogen) atoms. The summed E-state index contributed by atoms with van der Waals surface area (Å²) in [6.45, 7) is 4.40. The Hall–Kier alpha value is -2.63. The lowest BCUT2D eigenvalue weighted by molar-refractivity contribution is 0.0955. The van der Waals surface area contributed by atoms with Gasteiger partial charge in [0.05, 0.1) is 22.9 Å². The zero-order valence-corrected chi connectivity index (χ0v) is 11.8. The second-order valence-corrected chi connectivity index (χ2v) is 4.74. The Labute approximate surface area is 121 Å². The van der Waals surface area contributed by atoms with E-state index in [0.717, 1.165) is 6.42 Å². The second-order valence-electron chi connectivity index (χ2n) is 4.74. The number of nitrogens with zero attached hydrogens (tertiary/aromatic N) is 2. The summed E-state index contributed by atoms with van der Waals surface area (Å²) in [7, 11) is 0. The van der Waals surface area contributed by atoms with Crippen molar-refractivity contribution in [3.63, 3.8) is 0 Å². The van der Waals surface area contributed by atoms with Crippen molar-refractivity contribution in [1.29, 1.82) is 0 Å². The van der Waals surface area contributed by atoms with Crippen molar-refractivity contribution in [2.24, 2.45) is 0 Å². The molecule has 0 radical (unpaired) electrons. The summed E-state index contributed by atoms with van der Waals surface area (Å²) in [6, 6.07) is 5.26. The first-order valence-corrected chi connectivity index (χ1v) is 6.79. The van der Waals surface area contributed by atoms with E-state index in [9.17, 15) is 4.79 Å². The van der Waals surface area contributed by atoms with Gasteiger partial charge in [-0.2, -0.15) is 0 Å². The molecule has 3 rings (SSSR count). The monoisotopic (exact) mass is 285 g/mol. The predicted molar refractivity (Wildman–Crippen MR) is 76.9 cm³/mol. The number of hydrogen-bond acceptors (Lipinski definition) is 5. The van der Waals surface area contributed by atoms with Crippen LogP contribution < -0.4 is 5.32 Å². The third-order valence-electron chi connectivity index (χ3n) is 3.17. The van der Waals surface area contributed by atoms with Crippen LogP contribution in [0.25, 0.3) is 22.6 Å². The molecule has 1 amide bonds. The average Bonchev–Trinajstić information content (AvgIpc) is 3.14. The smallest absolute Gasteiger partial charge is 0.259 e. The first-order valence-electron chi connectivity index (χ1n) is 6.79. The van der Waals surface area contributed by atoms with Crippen LogP contribution in [-0.2, 0) is 0 Å². The van der Waals surface area contributed by atoms with Gasteiger partial charge >= 0.3 is 0 Å². The maximum atomic E-state index is 12.4. The van der Waals surface area contributed by atoms with Gasteiger partial charge in [-0.3, -0.25) is 4.79 Å². The van der Waals surface area contributed by atoms with E-state index < -0.39 is 0 Å². The van der Waals surface area contributed by atoms with Crippen molar-refractivity contribution < 1.29 is 13.7 Å². The van der Waals surface area contributed by atoms with Crippen LogP contribution in [0.2, 0.25) is 0 Å². The maximum absolute atomic E-state index is 12.4. The molecular weight excluding hydrogens is 270 g/mol. The first-order chi connectivity index (χ1) is 10.2. The molecule has 6 nitrogen and oxygen atoms in total. The normalized spacial score (nSPS) is 11.0. The Bertz CT molecular complexity index is 775. The van der Waals surface area contributed by atoms with Gasteiger partial charge in [0.2, 0.25) is 0 Å². The minimum Gasteiger partial charge on any atom is -0.463 e. The van der Waals surface area contributed by atoms with Crippen molar-refractivity contribution in [2.45, 2.75) is 20.3 Å². The summed E-state index contributed by atoms with van der Waals surface area (Å²) in [4.78, 5) is 16.7. The molecule has 0 bridgehead atoms. The highest BCUT2D eigenvalue weighted by atomic mass is 16.5. The zero-order chi connectivity index (χ0) is 14.8. The number of nitrogens with one attached hydrogen (secondary N) is 1. The third-order valence-corrected chi connectivity index (χ3v) is 3.17. The molecule has 6 heteroatoms. The lowest BCUT2D eigenvalue weighted by Crippen LogP contribution is -2.24. The van der Waals surface area contributed by atoms with Gasteiger partial charge in [-0.25, -0.2) is 4.98 Å². The molecule has 3 aromatic heterocycles. The third kappa shape index (κ3) is 2.40. The molecule has 0 aromatic carbocycles. The lowest BCUT2D eigenvalue weighted by Gasteiger charge is -2.06. The van der Waals surface area contributed by atoms with Gasteiger partial charge in [-0.05, 0) is 31.5 Å². The van der Waals surface area contributed by atoms with E-state index in [1.165, 1.54) is 0 Å². The van der Waals surface area contributed by atoms with Gasteiger partial charge in [0.15, 0.2) is 5.76 Å². The fourth-order valence-electron chi connectivity index (χ4n) is 2.16. The minimum atomic E-state index is -0.164. The first kappa shape index (κ1) is 13.4. The molecule has 0 saturated heterocycles. The van der Waals surface area contributed by atoms with Crippen molar-refractivity contribution >= 4 is 17.0 Å². The number of fused-ring (bicyclic) bond motifs is 1. The van der Waals surface area contributed by atoms with E-state index >= 15 is 0 Å². The number of aryl methyl sites for hydroxylation is 1. The fourth-order valence-corrected chi connectivity index (χ4v) is 2.16. The topological polar surface area (TPSA) is 81.2 Å². The Balaban J connectivity index is 2.15. The van der Waals surface area contributed by atoms with Crippen LogP contribution in [-0.4, -0.2) is 22.6 Å². The molecule has 0 aliphatic rings. The van der Waals surface area contributed by atoms with Crippen LogP contribution >= 0.6 is 0 Å². The van der Waals surface area contributed by atoms with Crippen LogP contribution in [0.3, 0.4) is 0 Å². The molecule has 1 N–H and O–H groups in total. The van der Waals surface area contributed by atoms with Crippen molar-refractivity contribution in [1.82, 2.24) is 15.5 Å². The average molecular weight is 285 g/mol. The maximum Gasteiger partial charge on any atom is 0.259 e.